The minimum Gasteiger partial charge on any atom is -0.392 e. The lowest BCUT2D eigenvalue weighted by Crippen LogP contribution is -2.28. The molecule has 2 N–H and O–H groups in total. The van der Waals surface area contributed by atoms with Crippen LogP contribution in [0.5, 0.6) is 0 Å². The van der Waals surface area contributed by atoms with E-state index in [4.69, 9.17) is 4.74 Å². The molecule has 2 fully saturated rings. The predicted octanol–water partition coefficient (Wildman–Crippen LogP) is 4.09. The highest BCUT2D eigenvalue weighted by atomic mass is 16.5. The highest BCUT2D eigenvalue weighted by Crippen LogP contribution is 2.47. The van der Waals surface area contributed by atoms with Crippen LogP contribution in [0.25, 0.3) is 0 Å². The third kappa shape index (κ3) is 7.16. The van der Waals surface area contributed by atoms with E-state index in [1.165, 1.54) is 18.4 Å². The Morgan fingerprint density at radius 2 is 2.13 bits per heavy atom. The van der Waals surface area contributed by atoms with E-state index in [1.54, 1.807) is 0 Å². The molecule has 0 bridgehead atoms. The molecule has 5 nitrogen and oxygen atoms in total. The molecule has 3 rings (SSSR count). The first-order chi connectivity index (χ1) is 15.0. The molecule has 0 radical (unpaired) electrons. The average molecular weight is 434 g/mol. The van der Waals surface area contributed by atoms with Crippen molar-refractivity contribution in [2.75, 3.05) is 26.3 Å². The Balaban J connectivity index is 1.38. The average Bonchev–Trinajstić information content (AvgIpc) is 3.45. The second-order valence-electron chi connectivity index (χ2n) is 10.1. The van der Waals surface area contributed by atoms with Gasteiger partial charge < -0.3 is 19.8 Å². The summed E-state index contributed by atoms with van der Waals surface area (Å²) in [6.07, 6.45) is 14.3. The number of allylic oxidation sites excluding steroid dienone is 1. The van der Waals surface area contributed by atoms with Crippen LogP contribution in [-0.2, 0) is 9.53 Å². The predicted molar refractivity (Wildman–Crippen MR) is 123 cm³/mol. The number of carbonyl (C=O) groups excluding carboxylic acids is 1. The van der Waals surface area contributed by atoms with Gasteiger partial charge in [-0.25, -0.2) is 0 Å². The molecule has 0 aromatic carbocycles. The summed E-state index contributed by atoms with van der Waals surface area (Å²) in [5, 5.41) is 20.9. The Kier molecular flexibility index (Phi) is 9.61. The highest BCUT2D eigenvalue weighted by molar-refractivity contribution is 5.76. The van der Waals surface area contributed by atoms with Crippen molar-refractivity contribution in [2.24, 2.45) is 23.7 Å². The lowest BCUT2D eigenvalue weighted by Gasteiger charge is -2.19. The SMILES string of the molecule is CCCC[C@H](C)C[C@H](O)C=C[C@@H]1[C@H]2CC(COCCC(=O)N3CCCC3)=C[C@H]2C[C@H]1O. The molecule has 0 unspecified atom stereocenters. The molecule has 1 aliphatic heterocycles. The molecule has 3 aliphatic rings. The van der Waals surface area contributed by atoms with Crippen LogP contribution in [0.2, 0.25) is 0 Å². The van der Waals surface area contributed by atoms with Crippen molar-refractivity contribution < 1.29 is 19.7 Å². The van der Waals surface area contributed by atoms with E-state index in [-0.39, 0.29) is 17.9 Å². The maximum absolute atomic E-state index is 12.1. The molecule has 1 saturated heterocycles. The van der Waals surface area contributed by atoms with Crippen molar-refractivity contribution >= 4 is 5.91 Å². The van der Waals surface area contributed by atoms with E-state index in [1.807, 2.05) is 11.0 Å². The fourth-order valence-electron chi connectivity index (χ4n) is 5.62. The summed E-state index contributed by atoms with van der Waals surface area (Å²) in [6, 6.07) is 0. The van der Waals surface area contributed by atoms with Crippen LogP contribution in [0, 0.1) is 23.7 Å². The normalized spacial score (nSPS) is 30.1. The van der Waals surface area contributed by atoms with Gasteiger partial charge in [-0.2, -0.15) is 0 Å². The highest BCUT2D eigenvalue weighted by Gasteiger charge is 2.43. The molecule has 1 saturated carbocycles. The van der Waals surface area contributed by atoms with Crippen molar-refractivity contribution in [3.8, 4) is 0 Å². The van der Waals surface area contributed by atoms with E-state index in [0.717, 1.165) is 51.6 Å². The molecule has 0 aromatic rings. The summed E-state index contributed by atoms with van der Waals surface area (Å²) >= 11 is 0. The topological polar surface area (TPSA) is 70.0 Å². The summed E-state index contributed by atoms with van der Waals surface area (Å²) in [6.45, 7) is 7.28. The van der Waals surface area contributed by atoms with Gasteiger partial charge >= 0.3 is 0 Å². The second kappa shape index (κ2) is 12.2. The number of rotatable bonds is 12. The van der Waals surface area contributed by atoms with Gasteiger partial charge in [0.2, 0.25) is 5.91 Å². The minimum atomic E-state index is -0.427. The van der Waals surface area contributed by atoms with Crippen LogP contribution < -0.4 is 0 Å². The summed E-state index contributed by atoms with van der Waals surface area (Å²) in [7, 11) is 0. The van der Waals surface area contributed by atoms with Gasteiger partial charge in [-0.15, -0.1) is 0 Å². The van der Waals surface area contributed by atoms with Crippen molar-refractivity contribution in [3.05, 3.63) is 23.8 Å². The van der Waals surface area contributed by atoms with E-state index < -0.39 is 6.10 Å². The molecule has 5 heteroatoms. The number of fused-ring (bicyclic) bond motifs is 1. The number of carbonyl (C=O) groups is 1. The van der Waals surface area contributed by atoms with Crippen molar-refractivity contribution in [3.63, 3.8) is 0 Å². The van der Waals surface area contributed by atoms with Crippen LogP contribution in [0.1, 0.15) is 71.6 Å². The second-order valence-corrected chi connectivity index (χ2v) is 10.1. The van der Waals surface area contributed by atoms with Crippen molar-refractivity contribution in [1.82, 2.24) is 4.90 Å². The molecule has 1 amide bonds. The quantitative estimate of drug-likeness (QED) is 0.359. The molecule has 176 valence electrons. The van der Waals surface area contributed by atoms with E-state index in [0.29, 0.717) is 37.4 Å². The van der Waals surface area contributed by atoms with Crippen LogP contribution in [0.4, 0.5) is 0 Å². The Hall–Kier alpha value is -1.17. The number of nitrogens with zero attached hydrogens (tertiary/aromatic N) is 1. The van der Waals surface area contributed by atoms with Gasteiger partial charge in [0.1, 0.15) is 0 Å². The van der Waals surface area contributed by atoms with Crippen LogP contribution in [-0.4, -0.2) is 59.5 Å². The van der Waals surface area contributed by atoms with E-state index >= 15 is 0 Å². The van der Waals surface area contributed by atoms with E-state index in [2.05, 4.69) is 26.0 Å². The zero-order chi connectivity index (χ0) is 22.2. The van der Waals surface area contributed by atoms with Gasteiger partial charge in [-0.3, -0.25) is 4.79 Å². The summed E-state index contributed by atoms with van der Waals surface area (Å²) in [5.74, 6) is 1.65. The third-order valence-electron chi connectivity index (χ3n) is 7.41. The molecular formula is C26H43NO4. The molecule has 0 spiro atoms. The number of aliphatic hydroxyl groups is 2. The first-order valence-corrected chi connectivity index (χ1v) is 12.6. The fourth-order valence-corrected chi connectivity index (χ4v) is 5.62. The minimum absolute atomic E-state index is 0.107. The first-order valence-electron chi connectivity index (χ1n) is 12.6. The molecule has 0 aromatic heterocycles. The summed E-state index contributed by atoms with van der Waals surface area (Å²) < 4.78 is 5.81. The number of likely N-dealkylation sites (tertiary alicyclic amines) is 1. The number of unbranched alkanes of at least 4 members (excludes halogenated alkanes) is 1. The maximum Gasteiger partial charge on any atom is 0.224 e. The van der Waals surface area contributed by atoms with Crippen LogP contribution in [0.15, 0.2) is 23.8 Å². The van der Waals surface area contributed by atoms with Crippen LogP contribution >= 0.6 is 0 Å². The number of aliphatic hydroxyl groups excluding tert-OH is 2. The standard InChI is InChI=1S/C26H43NO4/c1-3-4-7-19(2)14-22(28)8-9-23-24-16-20(15-21(24)17-25(23)29)18-31-13-10-26(30)27-11-5-6-12-27/h8-9,15,19,21-25,28-29H,3-7,10-14,16-18H2,1-2H3/t19-,21-,22+,23+,24-,25+/m0/s1. The van der Waals surface area contributed by atoms with Gasteiger partial charge in [0.05, 0.1) is 31.8 Å². The summed E-state index contributed by atoms with van der Waals surface area (Å²) in [5.41, 5.74) is 1.29. The lowest BCUT2D eigenvalue weighted by atomic mass is 9.88. The zero-order valence-corrected chi connectivity index (χ0v) is 19.5. The summed E-state index contributed by atoms with van der Waals surface area (Å²) in [4.78, 5) is 14.0. The van der Waals surface area contributed by atoms with Gasteiger partial charge in [0.15, 0.2) is 0 Å². The number of amides is 1. The lowest BCUT2D eigenvalue weighted by molar-refractivity contribution is -0.131. The fraction of sp³-hybridized carbons (Fsp3) is 0.808. The maximum atomic E-state index is 12.1. The van der Waals surface area contributed by atoms with Gasteiger partial charge in [0.25, 0.3) is 0 Å². The molecule has 6 atom stereocenters. The van der Waals surface area contributed by atoms with Gasteiger partial charge in [-0.05, 0) is 55.4 Å². The van der Waals surface area contributed by atoms with E-state index in [9.17, 15) is 15.0 Å². The molecular weight excluding hydrogens is 390 g/mol. The molecule has 1 heterocycles. The Bertz CT molecular complexity index is 625. The monoisotopic (exact) mass is 433 g/mol. The van der Waals surface area contributed by atoms with Gasteiger partial charge in [-0.1, -0.05) is 51.3 Å². The van der Waals surface area contributed by atoms with Crippen LogP contribution in [0.3, 0.4) is 0 Å². The zero-order valence-electron chi connectivity index (χ0n) is 19.5. The number of hydrogen-bond acceptors (Lipinski definition) is 4. The first kappa shape index (κ1) is 24.5. The number of hydrogen-bond donors (Lipinski definition) is 2. The number of ether oxygens (including phenoxy) is 1. The van der Waals surface area contributed by atoms with Crippen molar-refractivity contribution in [1.29, 1.82) is 0 Å². The Labute approximate surface area is 188 Å². The Morgan fingerprint density at radius 1 is 1.35 bits per heavy atom. The largest absolute Gasteiger partial charge is 0.392 e. The van der Waals surface area contributed by atoms with Gasteiger partial charge in [0, 0.05) is 19.0 Å². The Morgan fingerprint density at radius 3 is 2.87 bits per heavy atom. The third-order valence-corrected chi connectivity index (χ3v) is 7.41. The van der Waals surface area contributed by atoms with Crippen molar-refractivity contribution in [2.45, 2.75) is 83.8 Å². The molecule has 31 heavy (non-hydrogen) atoms. The smallest absolute Gasteiger partial charge is 0.224 e. The molecule has 2 aliphatic carbocycles.